The van der Waals surface area contributed by atoms with Crippen molar-refractivity contribution in [3.63, 3.8) is 0 Å². The minimum absolute atomic E-state index is 0.0460. The van der Waals surface area contributed by atoms with Crippen LogP contribution in [0.3, 0.4) is 0 Å². The number of carbonyl (C=O) groups excluding carboxylic acids is 1. The summed E-state index contributed by atoms with van der Waals surface area (Å²) in [5.74, 6) is -2.44. The van der Waals surface area contributed by atoms with Crippen LogP contribution in [0.15, 0.2) is 18.2 Å². The van der Waals surface area contributed by atoms with Crippen molar-refractivity contribution in [1.29, 1.82) is 0 Å². The number of amides is 1. The van der Waals surface area contributed by atoms with Gasteiger partial charge in [-0.15, -0.1) is 0 Å². The van der Waals surface area contributed by atoms with Gasteiger partial charge in [-0.05, 0) is 24.6 Å². The van der Waals surface area contributed by atoms with E-state index in [-0.39, 0.29) is 10.6 Å². The summed E-state index contributed by atoms with van der Waals surface area (Å²) in [5.41, 5.74) is 0.0460. The molecule has 0 aliphatic rings. The number of carbonyl (C=O) groups is 2. The SMILES string of the molecule is CCCCC(NC(=O)c1ccc(Cl)c(F)c1)C(=O)O. The maximum absolute atomic E-state index is 13.2. The van der Waals surface area contributed by atoms with Gasteiger partial charge in [0.05, 0.1) is 5.02 Å². The molecule has 1 atom stereocenters. The minimum atomic E-state index is -1.10. The van der Waals surface area contributed by atoms with E-state index in [1.807, 2.05) is 6.92 Å². The largest absolute Gasteiger partial charge is 0.480 e. The van der Waals surface area contributed by atoms with Crippen molar-refractivity contribution in [1.82, 2.24) is 5.32 Å². The highest BCUT2D eigenvalue weighted by molar-refractivity contribution is 6.30. The molecule has 1 aromatic rings. The van der Waals surface area contributed by atoms with Crippen LogP contribution in [0.1, 0.15) is 36.5 Å². The van der Waals surface area contributed by atoms with E-state index in [9.17, 15) is 14.0 Å². The second-order valence-electron chi connectivity index (χ2n) is 4.14. The van der Waals surface area contributed by atoms with Crippen LogP contribution in [-0.4, -0.2) is 23.0 Å². The molecule has 0 aliphatic heterocycles. The molecule has 1 unspecified atom stereocenters. The van der Waals surface area contributed by atoms with Crippen molar-refractivity contribution < 1.29 is 19.1 Å². The maximum atomic E-state index is 13.2. The normalized spacial score (nSPS) is 11.9. The predicted octanol–water partition coefficient (Wildman–Crippen LogP) is 2.85. The highest BCUT2D eigenvalue weighted by Gasteiger charge is 2.20. The number of aliphatic carboxylic acids is 1. The van der Waals surface area contributed by atoms with Gasteiger partial charge in [0.2, 0.25) is 0 Å². The molecule has 0 aliphatic carbocycles. The van der Waals surface area contributed by atoms with Crippen LogP contribution >= 0.6 is 11.6 Å². The zero-order chi connectivity index (χ0) is 14.4. The third-order valence-corrected chi connectivity index (χ3v) is 2.94. The lowest BCUT2D eigenvalue weighted by Gasteiger charge is -2.14. The minimum Gasteiger partial charge on any atom is -0.480 e. The summed E-state index contributed by atoms with van der Waals surface area (Å²) in [6, 6.07) is 2.62. The summed E-state index contributed by atoms with van der Waals surface area (Å²) in [4.78, 5) is 22.8. The fourth-order valence-corrected chi connectivity index (χ4v) is 1.66. The van der Waals surface area contributed by atoms with Gasteiger partial charge in [-0.2, -0.15) is 0 Å². The molecule has 0 bridgehead atoms. The van der Waals surface area contributed by atoms with Crippen molar-refractivity contribution in [2.75, 3.05) is 0 Å². The topological polar surface area (TPSA) is 66.4 Å². The van der Waals surface area contributed by atoms with E-state index in [0.29, 0.717) is 12.8 Å². The molecule has 2 N–H and O–H groups in total. The van der Waals surface area contributed by atoms with Gasteiger partial charge >= 0.3 is 5.97 Å². The predicted molar refractivity (Wildman–Crippen MR) is 69.8 cm³/mol. The molecule has 0 saturated carbocycles. The third-order valence-electron chi connectivity index (χ3n) is 2.63. The van der Waals surface area contributed by atoms with E-state index >= 15 is 0 Å². The summed E-state index contributed by atoms with van der Waals surface area (Å²) < 4.78 is 13.2. The number of unbranched alkanes of at least 4 members (excludes halogenated alkanes) is 1. The van der Waals surface area contributed by atoms with Gasteiger partial charge in [0, 0.05) is 5.56 Å². The smallest absolute Gasteiger partial charge is 0.326 e. The molecule has 6 heteroatoms. The number of benzene rings is 1. The van der Waals surface area contributed by atoms with Gasteiger partial charge in [0.15, 0.2) is 0 Å². The Morgan fingerprint density at radius 3 is 2.68 bits per heavy atom. The molecule has 0 radical (unpaired) electrons. The summed E-state index contributed by atoms with van der Waals surface area (Å²) >= 11 is 5.51. The Balaban J connectivity index is 2.75. The molecule has 0 heterocycles. The van der Waals surface area contributed by atoms with Crippen molar-refractivity contribution in [2.24, 2.45) is 0 Å². The number of carboxylic acid groups (broad SMARTS) is 1. The molecule has 1 aromatic carbocycles. The lowest BCUT2D eigenvalue weighted by molar-refractivity contribution is -0.139. The first kappa shape index (κ1) is 15.4. The quantitative estimate of drug-likeness (QED) is 0.845. The fourth-order valence-electron chi connectivity index (χ4n) is 1.54. The van der Waals surface area contributed by atoms with E-state index < -0.39 is 23.7 Å². The molecule has 1 rings (SSSR count). The van der Waals surface area contributed by atoms with Gasteiger partial charge < -0.3 is 10.4 Å². The maximum Gasteiger partial charge on any atom is 0.326 e. The monoisotopic (exact) mass is 287 g/mol. The van der Waals surface area contributed by atoms with E-state index in [1.165, 1.54) is 12.1 Å². The zero-order valence-corrected chi connectivity index (χ0v) is 11.2. The van der Waals surface area contributed by atoms with Crippen molar-refractivity contribution >= 4 is 23.5 Å². The first-order valence-electron chi connectivity index (χ1n) is 5.94. The van der Waals surface area contributed by atoms with E-state index in [0.717, 1.165) is 12.5 Å². The van der Waals surface area contributed by atoms with E-state index in [1.54, 1.807) is 0 Å². The third kappa shape index (κ3) is 4.52. The van der Waals surface area contributed by atoms with Gasteiger partial charge in [-0.3, -0.25) is 4.79 Å². The second-order valence-corrected chi connectivity index (χ2v) is 4.54. The molecule has 0 spiro atoms. The molecule has 1 amide bonds. The average molecular weight is 288 g/mol. The number of rotatable bonds is 6. The van der Waals surface area contributed by atoms with Gasteiger partial charge in [-0.25, -0.2) is 9.18 Å². The van der Waals surface area contributed by atoms with Gasteiger partial charge in [-0.1, -0.05) is 31.4 Å². The Kier molecular flexibility index (Phi) is 5.76. The van der Waals surface area contributed by atoms with Gasteiger partial charge in [0.25, 0.3) is 5.91 Å². The first-order chi connectivity index (χ1) is 8.95. The van der Waals surface area contributed by atoms with Crippen LogP contribution in [0.5, 0.6) is 0 Å². The summed E-state index contributed by atoms with van der Waals surface area (Å²) in [6.45, 7) is 1.93. The van der Waals surface area contributed by atoms with Crippen LogP contribution < -0.4 is 5.32 Å². The molecule has 0 fully saturated rings. The Morgan fingerprint density at radius 2 is 2.16 bits per heavy atom. The second kappa shape index (κ2) is 7.09. The first-order valence-corrected chi connectivity index (χ1v) is 6.32. The highest BCUT2D eigenvalue weighted by atomic mass is 35.5. The Hall–Kier alpha value is -1.62. The molecule has 0 saturated heterocycles. The number of halogens is 2. The van der Waals surface area contributed by atoms with Crippen molar-refractivity contribution in [3.05, 3.63) is 34.6 Å². The van der Waals surface area contributed by atoms with Crippen LogP contribution in [0.2, 0.25) is 5.02 Å². The molecule has 0 aromatic heterocycles. The Morgan fingerprint density at radius 1 is 1.47 bits per heavy atom. The summed E-state index contributed by atoms with van der Waals surface area (Å²) in [5, 5.41) is 11.3. The summed E-state index contributed by atoms with van der Waals surface area (Å²) in [7, 11) is 0. The lowest BCUT2D eigenvalue weighted by Crippen LogP contribution is -2.40. The standard InChI is InChI=1S/C13H15ClFNO3/c1-2-3-4-11(13(18)19)16-12(17)8-5-6-9(14)10(15)7-8/h5-7,11H,2-4H2,1H3,(H,16,17)(H,18,19). The molecular weight excluding hydrogens is 273 g/mol. The highest BCUT2D eigenvalue weighted by Crippen LogP contribution is 2.15. The van der Waals surface area contributed by atoms with Crippen molar-refractivity contribution in [2.45, 2.75) is 32.2 Å². The number of hydrogen-bond donors (Lipinski definition) is 2. The molecular formula is C13H15ClFNO3. The molecule has 4 nitrogen and oxygen atoms in total. The number of carboxylic acids is 1. The average Bonchev–Trinajstić information content (AvgIpc) is 2.37. The number of hydrogen-bond acceptors (Lipinski definition) is 2. The van der Waals surface area contributed by atoms with E-state index in [4.69, 9.17) is 16.7 Å². The molecule has 104 valence electrons. The number of nitrogens with one attached hydrogen (secondary N) is 1. The van der Waals surface area contributed by atoms with E-state index in [2.05, 4.69) is 5.32 Å². The van der Waals surface area contributed by atoms with Crippen LogP contribution in [0.4, 0.5) is 4.39 Å². The zero-order valence-electron chi connectivity index (χ0n) is 10.5. The van der Waals surface area contributed by atoms with Crippen molar-refractivity contribution in [3.8, 4) is 0 Å². The van der Waals surface area contributed by atoms with Crippen LogP contribution in [0, 0.1) is 5.82 Å². The van der Waals surface area contributed by atoms with Crippen LogP contribution in [0.25, 0.3) is 0 Å². The lowest BCUT2D eigenvalue weighted by atomic mass is 10.1. The van der Waals surface area contributed by atoms with Gasteiger partial charge in [0.1, 0.15) is 11.9 Å². The fraction of sp³-hybridized carbons (Fsp3) is 0.385. The molecule has 19 heavy (non-hydrogen) atoms. The summed E-state index contributed by atoms with van der Waals surface area (Å²) in [6.07, 6.45) is 1.86. The Bertz CT molecular complexity index is 479. The van der Waals surface area contributed by atoms with Crippen LogP contribution in [-0.2, 0) is 4.79 Å². The Labute approximate surface area is 115 Å².